The molecule has 2 aliphatic rings. The van der Waals surface area contributed by atoms with Gasteiger partial charge >= 0.3 is 0 Å². The topological polar surface area (TPSA) is 21.3 Å². The number of rotatable bonds is 0. The molecule has 1 saturated carbocycles. The number of fused-ring (bicyclic) bond motifs is 1. The van der Waals surface area contributed by atoms with Gasteiger partial charge in [-0.15, -0.1) is 0 Å². The minimum absolute atomic E-state index is 0.143. The Morgan fingerprint density at radius 1 is 0.885 bits per heavy atom. The first-order valence-corrected chi connectivity index (χ1v) is 11.7. The first-order chi connectivity index (χ1) is 12.4. The average molecular weight is 469 g/mol. The lowest BCUT2D eigenvalue weighted by atomic mass is 9.85. The Kier molecular flexibility index (Phi) is 6.93. The van der Waals surface area contributed by atoms with Crippen LogP contribution in [0, 0.1) is 3.57 Å². The molecule has 3 rings (SSSR count). The van der Waals surface area contributed by atoms with Gasteiger partial charge in [-0.25, -0.2) is 0 Å². The molecule has 1 aromatic carbocycles. The summed E-state index contributed by atoms with van der Waals surface area (Å²) in [5.74, 6) is 1.14. The second-order valence-electron chi connectivity index (χ2n) is 9.33. The maximum absolute atomic E-state index is 6.74. The van der Waals surface area contributed by atoms with Crippen molar-refractivity contribution in [3.8, 4) is 5.75 Å². The van der Waals surface area contributed by atoms with Crippen LogP contribution in [0.1, 0.15) is 103 Å². The normalized spacial score (nSPS) is 22.0. The van der Waals surface area contributed by atoms with E-state index in [4.69, 9.17) is 4.74 Å². The van der Waals surface area contributed by atoms with E-state index in [2.05, 4.69) is 60.8 Å². The highest BCUT2D eigenvalue weighted by Crippen LogP contribution is 2.39. The summed E-state index contributed by atoms with van der Waals surface area (Å²) < 4.78 is 8.02. The molecule has 1 fully saturated rings. The third-order valence-corrected chi connectivity index (χ3v) is 6.85. The average Bonchev–Trinajstić information content (AvgIpc) is 2.58. The number of halogens is 1. The number of nitrogens with one attached hydrogen (secondary N) is 1. The molecule has 1 aliphatic heterocycles. The largest absolute Gasteiger partial charge is 0.471 e. The molecule has 0 amide bonds. The van der Waals surface area contributed by atoms with Crippen LogP contribution in [0.5, 0.6) is 5.75 Å². The van der Waals surface area contributed by atoms with Crippen molar-refractivity contribution in [3.05, 3.63) is 26.8 Å². The molecule has 1 heterocycles. The van der Waals surface area contributed by atoms with Crippen LogP contribution in [-0.2, 0) is 12.0 Å². The summed E-state index contributed by atoms with van der Waals surface area (Å²) in [5.41, 5.74) is 2.77. The number of ether oxygens (including phenoxy) is 1. The summed E-state index contributed by atoms with van der Waals surface area (Å²) in [5, 5.41) is 3.82. The van der Waals surface area contributed by atoms with E-state index in [1.165, 1.54) is 72.5 Å². The summed E-state index contributed by atoms with van der Waals surface area (Å²) in [6.07, 6.45) is 14.6. The first-order valence-electron chi connectivity index (χ1n) is 10.7. The van der Waals surface area contributed by atoms with Crippen molar-refractivity contribution < 1.29 is 4.74 Å². The third-order valence-electron chi connectivity index (χ3n) is 6.05. The molecule has 3 heteroatoms. The Bertz CT molecular complexity index is 593. The summed E-state index contributed by atoms with van der Waals surface area (Å²) in [6.45, 7) is 7.80. The second kappa shape index (κ2) is 8.81. The molecule has 0 aromatic heterocycles. The summed E-state index contributed by atoms with van der Waals surface area (Å²) >= 11 is 2.48. The van der Waals surface area contributed by atoms with Crippen molar-refractivity contribution in [2.24, 2.45) is 0 Å². The Morgan fingerprint density at radius 3 is 1.96 bits per heavy atom. The monoisotopic (exact) mass is 469 g/mol. The van der Waals surface area contributed by atoms with E-state index in [9.17, 15) is 0 Å². The lowest BCUT2D eigenvalue weighted by molar-refractivity contribution is -0.00579. The highest BCUT2D eigenvalue weighted by molar-refractivity contribution is 14.1. The summed E-state index contributed by atoms with van der Waals surface area (Å²) in [7, 11) is 0. The molecule has 0 radical (unpaired) electrons. The molecule has 1 aromatic rings. The highest BCUT2D eigenvalue weighted by atomic mass is 127. The molecule has 1 N–H and O–H groups in total. The summed E-state index contributed by atoms with van der Waals surface area (Å²) in [6, 6.07) is 4.68. The van der Waals surface area contributed by atoms with E-state index < -0.39 is 0 Å². The van der Waals surface area contributed by atoms with E-state index in [-0.39, 0.29) is 11.1 Å². The van der Waals surface area contributed by atoms with E-state index in [0.29, 0.717) is 0 Å². The van der Waals surface area contributed by atoms with Gasteiger partial charge in [0.05, 0.1) is 3.57 Å². The van der Waals surface area contributed by atoms with Crippen LogP contribution >= 0.6 is 22.6 Å². The van der Waals surface area contributed by atoms with Gasteiger partial charge in [0.2, 0.25) is 0 Å². The molecule has 1 spiro atoms. The van der Waals surface area contributed by atoms with Crippen LogP contribution in [0.3, 0.4) is 0 Å². The van der Waals surface area contributed by atoms with Crippen molar-refractivity contribution in [2.75, 3.05) is 0 Å². The molecule has 1 aliphatic carbocycles. The van der Waals surface area contributed by atoms with Crippen molar-refractivity contribution >= 4 is 22.6 Å². The third kappa shape index (κ3) is 5.15. The van der Waals surface area contributed by atoms with E-state index >= 15 is 0 Å². The van der Waals surface area contributed by atoms with Crippen molar-refractivity contribution in [1.29, 1.82) is 0 Å². The van der Waals surface area contributed by atoms with Gasteiger partial charge in [0, 0.05) is 24.9 Å². The van der Waals surface area contributed by atoms with Crippen LogP contribution in [-0.4, -0.2) is 5.72 Å². The van der Waals surface area contributed by atoms with Crippen LogP contribution in [0.4, 0.5) is 0 Å². The van der Waals surface area contributed by atoms with Gasteiger partial charge in [-0.3, -0.25) is 5.32 Å². The quantitative estimate of drug-likeness (QED) is 0.410. The zero-order chi connectivity index (χ0) is 18.6. The fraction of sp³-hybridized carbons (Fsp3) is 0.739. The molecular weight excluding hydrogens is 433 g/mol. The predicted molar refractivity (Wildman–Crippen MR) is 119 cm³/mol. The lowest BCUT2D eigenvalue weighted by Crippen LogP contribution is -2.53. The van der Waals surface area contributed by atoms with Crippen molar-refractivity contribution in [3.63, 3.8) is 0 Å². The van der Waals surface area contributed by atoms with Crippen molar-refractivity contribution in [2.45, 2.75) is 109 Å². The first kappa shape index (κ1) is 20.4. The minimum Gasteiger partial charge on any atom is -0.471 e. The maximum atomic E-state index is 6.74. The Labute approximate surface area is 174 Å². The molecular formula is C23H36INO. The maximum Gasteiger partial charge on any atom is 0.161 e. The lowest BCUT2D eigenvalue weighted by Gasteiger charge is -2.41. The van der Waals surface area contributed by atoms with Gasteiger partial charge in [-0.1, -0.05) is 71.8 Å². The van der Waals surface area contributed by atoms with Gasteiger partial charge in [-0.2, -0.15) is 0 Å². The molecule has 0 unspecified atom stereocenters. The SMILES string of the molecule is CC(C)(C)c1cc(I)c2c(c1)CNC1(CCCCCCCCCCC1)O2. The molecule has 26 heavy (non-hydrogen) atoms. The van der Waals surface area contributed by atoms with Gasteiger partial charge < -0.3 is 4.74 Å². The van der Waals surface area contributed by atoms with Crippen LogP contribution < -0.4 is 10.1 Å². The molecule has 0 saturated heterocycles. The Balaban J connectivity index is 1.79. The van der Waals surface area contributed by atoms with E-state index in [1.807, 2.05) is 0 Å². The zero-order valence-electron chi connectivity index (χ0n) is 16.9. The number of hydrogen-bond acceptors (Lipinski definition) is 2. The zero-order valence-corrected chi connectivity index (χ0v) is 19.1. The predicted octanol–water partition coefficient (Wildman–Crippen LogP) is 7.07. The fourth-order valence-electron chi connectivity index (χ4n) is 4.28. The second-order valence-corrected chi connectivity index (χ2v) is 10.5. The standard InChI is InChI=1S/C23H36INO/c1-22(2,3)19-15-18-17-25-23(26-21(18)20(24)16-19)13-11-9-7-5-4-6-8-10-12-14-23/h15-16,25H,4-14,17H2,1-3H3. The van der Waals surface area contributed by atoms with Crippen molar-refractivity contribution in [1.82, 2.24) is 5.32 Å². The van der Waals surface area contributed by atoms with Crippen LogP contribution in [0.15, 0.2) is 12.1 Å². The minimum atomic E-state index is -0.143. The molecule has 2 nitrogen and oxygen atoms in total. The van der Waals surface area contributed by atoms with Gasteiger partial charge in [-0.05, 0) is 52.5 Å². The van der Waals surface area contributed by atoms with Crippen LogP contribution in [0.2, 0.25) is 0 Å². The molecule has 0 atom stereocenters. The highest BCUT2D eigenvalue weighted by Gasteiger charge is 2.36. The fourth-order valence-corrected chi connectivity index (χ4v) is 5.07. The summed E-state index contributed by atoms with van der Waals surface area (Å²) in [4.78, 5) is 0. The Hall–Kier alpha value is -0.290. The van der Waals surface area contributed by atoms with Gasteiger partial charge in [0.25, 0.3) is 0 Å². The Morgan fingerprint density at radius 2 is 1.42 bits per heavy atom. The molecule has 0 bridgehead atoms. The van der Waals surface area contributed by atoms with E-state index in [0.717, 1.165) is 25.1 Å². The van der Waals surface area contributed by atoms with Gasteiger partial charge in [0.15, 0.2) is 5.72 Å². The van der Waals surface area contributed by atoms with Crippen LogP contribution in [0.25, 0.3) is 0 Å². The van der Waals surface area contributed by atoms with E-state index in [1.54, 1.807) is 0 Å². The number of benzene rings is 1. The smallest absolute Gasteiger partial charge is 0.161 e. The molecule has 146 valence electrons. The number of hydrogen-bond donors (Lipinski definition) is 1. The van der Waals surface area contributed by atoms with Gasteiger partial charge in [0.1, 0.15) is 5.75 Å².